The van der Waals surface area contributed by atoms with E-state index in [0.29, 0.717) is 6.61 Å². The van der Waals surface area contributed by atoms with Gasteiger partial charge >= 0.3 is 5.97 Å². The molecule has 0 aliphatic rings. The molecule has 0 spiro atoms. The van der Waals surface area contributed by atoms with Crippen molar-refractivity contribution in [2.24, 2.45) is 0 Å². The molecule has 0 saturated carbocycles. The van der Waals surface area contributed by atoms with Crippen LogP contribution in [0.5, 0.6) is 0 Å². The monoisotopic (exact) mass is 208 g/mol. The zero-order chi connectivity index (χ0) is 10.2. The van der Waals surface area contributed by atoms with E-state index in [1.165, 1.54) is 17.8 Å². The maximum absolute atomic E-state index is 11.1. The fourth-order valence-electron chi connectivity index (χ4n) is 0.900. The number of benzene rings is 1. The highest BCUT2D eigenvalue weighted by molar-refractivity contribution is 8.01. The molecule has 0 atom stereocenters. The highest BCUT2D eigenvalue weighted by Gasteiger charge is 1.96. The van der Waals surface area contributed by atoms with Crippen LogP contribution >= 0.6 is 11.8 Å². The zero-order valence-corrected chi connectivity index (χ0v) is 8.79. The number of hydrogen-bond donors (Lipinski definition) is 0. The molecule has 74 valence electrons. The fourth-order valence-corrected chi connectivity index (χ4v) is 1.15. The summed E-state index contributed by atoms with van der Waals surface area (Å²) in [5.74, 6) is -0.303. The van der Waals surface area contributed by atoms with Gasteiger partial charge in [0.05, 0.1) is 0 Å². The van der Waals surface area contributed by atoms with E-state index in [2.05, 4.69) is 0 Å². The van der Waals surface area contributed by atoms with Crippen molar-refractivity contribution in [2.45, 2.75) is 6.61 Å². The highest BCUT2D eigenvalue weighted by Crippen LogP contribution is 2.01. The van der Waals surface area contributed by atoms with E-state index in [9.17, 15) is 4.79 Å². The third-order valence-corrected chi connectivity index (χ3v) is 1.97. The van der Waals surface area contributed by atoms with Crippen molar-refractivity contribution < 1.29 is 9.53 Å². The van der Waals surface area contributed by atoms with Crippen LogP contribution in [0.3, 0.4) is 0 Å². The normalized spacial score (nSPS) is 10.4. The van der Waals surface area contributed by atoms with Crippen molar-refractivity contribution in [3.05, 3.63) is 47.4 Å². The van der Waals surface area contributed by atoms with Crippen LogP contribution in [0, 0.1) is 0 Å². The second kappa shape index (κ2) is 6.27. The second-order valence-corrected chi connectivity index (χ2v) is 3.38. The van der Waals surface area contributed by atoms with Gasteiger partial charge in [-0.05, 0) is 17.2 Å². The molecule has 2 nitrogen and oxygen atoms in total. The number of rotatable bonds is 4. The average Bonchev–Trinajstić information content (AvgIpc) is 2.25. The number of thioether (sulfide) groups is 1. The maximum Gasteiger partial charge on any atom is 0.331 e. The van der Waals surface area contributed by atoms with Crippen LogP contribution in [0.15, 0.2) is 41.8 Å². The van der Waals surface area contributed by atoms with E-state index in [1.54, 1.807) is 5.41 Å². The Hall–Kier alpha value is -1.22. The molecular formula is C11H12O2S. The van der Waals surface area contributed by atoms with Crippen LogP contribution in [0.25, 0.3) is 0 Å². The molecule has 0 fully saturated rings. The quantitative estimate of drug-likeness (QED) is 0.562. The van der Waals surface area contributed by atoms with Crippen LogP contribution < -0.4 is 0 Å². The topological polar surface area (TPSA) is 26.3 Å². The van der Waals surface area contributed by atoms with Crippen LogP contribution in [-0.2, 0) is 16.1 Å². The standard InChI is InChI=1S/C11H12O2S/c1-14-8-7-11(12)13-9-10-5-3-2-4-6-10/h2-8H,9H2,1H3/b8-7+. The first-order chi connectivity index (χ1) is 6.83. The molecule has 14 heavy (non-hydrogen) atoms. The van der Waals surface area contributed by atoms with Crippen LogP contribution in [0.1, 0.15) is 5.56 Å². The summed E-state index contributed by atoms with van der Waals surface area (Å²) in [5, 5.41) is 1.70. The van der Waals surface area contributed by atoms with Crippen LogP contribution in [-0.4, -0.2) is 12.2 Å². The molecule has 0 saturated heterocycles. The number of esters is 1. The molecule has 0 bridgehead atoms. The number of ether oxygens (including phenoxy) is 1. The van der Waals surface area contributed by atoms with Gasteiger partial charge in [0.1, 0.15) is 6.61 Å². The molecule has 1 aromatic rings. The predicted octanol–water partition coefficient (Wildman–Crippen LogP) is 2.61. The Balaban J connectivity index is 2.34. The first-order valence-electron chi connectivity index (χ1n) is 4.23. The third kappa shape index (κ3) is 4.14. The van der Waals surface area contributed by atoms with Crippen molar-refractivity contribution in [2.75, 3.05) is 6.26 Å². The van der Waals surface area contributed by atoms with Gasteiger partial charge in [-0.15, -0.1) is 11.8 Å². The summed E-state index contributed by atoms with van der Waals surface area (Å²) in [4.78, 5) is 11.1. The molecule has 1 rings (SSSR count). The largest absolute Gasteiger partial charge is 0.458 e. The van der Waals surface area contributed by atoms with E-state index in [-0.39, 0.29) is 5.97 Å². The van der Waals surface area contributed by atoms with Crippen molar-refractivity contribution >= 4 is 17.7 Å². The lowest BCUT2D eigenvalue weighted by molar-refractivity contribution is -0.138. The second-order valence-electron chi connectivity index (χ2n) is 2.63. The van der Waals surface area contributed by atoms with Gasteiger partial charge in [0.15, 0.2) is 0 Å². The van der Waals surface area contributed by atoms with Gasteiger partial charge < -0.3 is 4.74 Å². The first-order valence-corrected chi connectivity index (χ1v) is 5.52. The van der Waals surface area contributed by atoms with E-state index in [1.807, 2.05) is 36.6 Å². The van der Waals surface area contributed by atoms with Gasteiger partial charge in [0.25, 0.3) is 0 Å². The van der Waals surface area contributed by atoms with Crippen molar-refractivity contribution in [1.29, 1.82) is 0 Å². The molecule has 0 heterocycles. The summed E-state index contributed by atoms with van der Waals surface area (Å²) in [5.41, 5.74) is 0.999. The third-order valence-electron chi connectivity index (χ3n) is 1.56. The summed E-state index contributed by atoms with van der Waals surface area (Å²) in [7, 11) is 0. The summed E-state index contributed by atoms with van der Waals surface area (Å²) in [6.07, 6.45) is 3.31. The minimum absolute atomic E-state index is 0.303. The molecule has 0 aromatic heterocycles. The van der Waals surface area contributed by atoms with Gasteiger partial charge in [0, 0.05) is 6.08 Å². The fraction of sp³-hybridized carbons (Fsp3) is 0.182. The molecule has 0 unspecified atom stereocenters. The molecule has 1 aromatic carbocycles. The van der Waals surface area contributed by atoms with Crippen LogP contribution in [0.4, 0.5) is 0 Å². The van der Waals surface area contributed by atoms with E-state index in [0.717, 1.165) is 5.56 Å². The van der Waals surface area contributed by atoms with Gasteiger partial charge in [-0.25, -0.2) is 4.79 Å². The van der Waals surface area contributed by atoms with Gasteiger partial charge in [-0.1, -0.05) is 30.3 Å². The average molecular weight is 208 g/mol. The Morgan fingerprint density at radius 3 is 2.79 bits per heavy atom. The summed E-state index contributed by atoms with van der Waals surface area (Å²) in [6.45, 7) is 0.332. The molecule has 0 amide bonds. The van der Waals surface area contributed by atoms with Gasteiger partial charge in [-0.2, -0.15) is 0 Å². The lowest BCUT2D eigenvalue weighted by Crippen LogP contribution is -2.00. The predicted molar refractivity (Wildman–Crippen MR) is 58.9 cm³/mol. The Morgan fingerprint density at radius 2 is 2.14 bits per heavy atom. The molecule has 0 N–H and O–H groups in total. The molecule has 0 radical (unpaired) electrons. The minimum atomic E-state index is -0.303. The zero-order valence-electron chi connectivity index (χ0n) is 7.97. The van der Waals surface area contributed by atoms with Crippen LogP contribution in [0.2, 0.25) is 0 Å². The molecule has 0 aliphatic carbocycles. The van der Waals surface area contributed by atoms with Gasteiger partial charge in [0.2, 0.25) is 0 Å². The Labute approximate surface area is 88.0 Å². The first kappa shape index (κ1) is 10.9. The van der Waals surface area contributed by atoms with E-state index < -0.39 is 0 Å². The summed E-state index contributed by atoms with van der Waals surface area (Å²) in [6, 6.07) is 9.61. The molecular weight excluding hydrogens is 196 g/mol. The SMILES string of the molecule is CS/C=C/C(=O)OCc1ccccc1. The van der Waals surface area contributed by atoms with E-state index >= 15 is 0 Å². The lowest BCUT2D eigenvalue weighted by Gasteiger charge is -2.00. The van der Waals surface area contributed by atoms with Gasteiger partial charge in [-0.3, -0.25) is 0 Å². The van der Waals surface area contributed by atoms with Crippen molar-refractivity contribution in [3.8, 4) is 0 Å². The number of carbonyl (C=O) groups excluding carboxylic acids is 1. The van der Waals surface area contributed by atoms with Crippen molar-refractivity contribution in [1.82, 2.24) is 0 Å². The Kier molecular flexibility index (Phi) is 4.86. The smallest absolute Gasteiger partial charge is 0.331 e. The van der Waals surface area contributed by atoms with Crippen molar-refractivity contribution in [3.63, 3.8) is 0 Å². The lowest BCUT2D eigenvalue weighted by atomic mass is 10.2. The van der Waals surface area contributed by atoms with E-state index in [4.69, 9.17) is 4.74 Å². The Bertz CT molecular complexity index is 306. The minimum Gasteiger partial charge on any atom is -0.458 e. The number of carbonyl (C=O) groups is 1. The Morgan fingerprint density at radius 1 is 1.43 bits per heavy atom. The summed E-state index contributed by atoms with van der Waals surface area (Å²) < 4.78 is 4.99. The molecule has 0 aliphatic heterocycles. The maximum atomic E-state index is 11.1. The number of hydrogen-bond acceptors (Lipinski definition) is 3. The molecule has 3 heteroatoms. The highest BCUT2D eigenvalue weighted by atomic mass is 32.2. The summed E-state index contributed by atoms with van der Waals surface area (Å²) >= 11 is 1.47.